The molecule has 1 aliphatic heterocycles. The molecule has 1 unspecified atom stereocenters. The Morgan fingerprint density at radius 1 is 1.43 bits per heavy atom. The van der Waals surface area contributed by atoms with Crippen LogP contribution in [0.4, 0.5) is 5.00 Å². The van der Waals surface area contributed by atoms with Gasteiger partial charge in [-0.1, -0.05) is 37.3 Å². The number of hydrogen-bond donors (Lipinski definition) is 2. The smallest absolute Gasteiger partial charge is 0.232 e. The molecule has 0 fully saturated rings. The van der Waals surface area contributed by atoms with Crippen molar-refractivity contribution in [2.75, 3.05) is 11.9 Å². The van der Waals surface area contributed by atoms with Gasteiger partial charge >= 0.3 is 0 Å². The predicted molar refractivity (Wildman–Crippen MR) is 92.5 cm³/mol. The summed E-state index contributed by atoms with van der Waals surface area (Å²) < 4.78 is 0. The lowest BCUT2D eigenvalue weighted by molar-refractivity contribution is -0.117. The number of nitriles is 1. The molecule has 118 valence electrons. The average Bonchev–Trinajstić information content (AvgIpc) is 2.93. The van der Waals surface area contributed by atoms with Gasteiger partial charge in [0.05, 0.1) is 11.5 Å². The predicted octanol–water partition coefficient (Wildman–Crippen LogP) is 3.40. The molecule has 0 saturated heterocycles. The minimum absolute atomic E-state index is 0.0400. The molecule has 0 radical (unpaired) electrons. The van der Waals surface area contributed by atoms with Crippen LogP contribution >= 0.6 is 11.3 Å². The molecule has 1 atom stereocenters. The second kappa shape index (κ2) is 6.95. The highest BCUT2D eigenvalue weighted by molar-refractivity contribution is 7.16. The van der Waals surface area contributed by atoms with Crippen LogP contribution < -0.4 is 10.6 Å². The summed E-state index contributed by atoms with van der Waals surface area (Å²) in [6, 6.07) is 12.1. The molecule has 2 aromatic rings. The van der Waals surface area contributed by atoms with Gasteiger partial charge in [-0.25, -0.2) is 0 Å². The van der Waals surface area contributed by atoms with Crippen molar-refractivity contribution in [1.82, 2.24) is 5.32 Å². The summed E-state index contributed by atoms with van der Waals surface area (Å²) in [5, 5.41) is 16.5. The standard InChI is InChI=1S/C18H19N3OS/c1-2-13(12-6-4-3-5-7-12)17(22)21-18-15(10-19)14-8-9-20-11-16(14)23-18/h3-7,13,20H,2,8-9,11H2,1H3,(H,21,22). The van der Waals surface area contributed by atoms with Gasteiger partial charge < -0.3 is 10.6 Å². The van der Waals surface area contributed by atoms with Gasteiger partial charge in [-0.3, -0.25) is 4.79 Å². The van der Waals surface area contributed by atoms with Gasteiger partial charge in [0.1, 0.15) is 11.1 Å². The lowest BCUT2D eigenvalue weighted by atomic mass is 9.95. The highest BCUT2D eigenvalue weighted by Crippen LogP contribution is 2.35. The molecule has 0 aliphatic carbocycles. The van der Waals surface area contributed by atoms with Crippen molar-refractivity contribution in [3.63, 3.8) is 0 Å². The fourth-order valence-corrected chi connectivity index (χ4v) is 4.17. The van der Waals surface area contributed by atoms with Crippen LogP contribution in [0.1, 0.15) is 40.8 Å². The number of nitrogens with zero attached hydrogens (tertiary/aromatic N) is 1. The Balaban J connectivity index is 1.85. The van der Waals surface area contributed by atoms with Crippen LogP contribution in [-0.2, 0) is 17.8 Å². The van der Waals surface area contributed by atoms with Gasteiger partial charge in [0.25, 0.3) is 0 Å². The van der Waals surface area contributed by atoms with Crippen LogP contribution in [0.3, 0.4) is 0 Å². The Morgan fingerprint density at radius 2 is 2.22 bits per heavy atom. The van der Waals surface area contributed by atoms with Gasteiger partial charge in [-0.15, -0.1) is 11.3 Å². The molecule has 4 nitrogen and oxygen atoms in total. The topological polar surface area (TPSA) is 64.9 Å². The first-order valence-electron chi connectivity index (χ1n) is 7.85. The summed E-state index contributed by atoms with van der Waals surface area (Å²) in [4.78, 5) is 13.9. The number of carbonyl (C=O) groups excluding carboxylic acids is 1. The number of fused-ring (bicyclic) bond motifs is 1. The molecule has 1 aromatic carbocycles. The van der Waals surface area contributed by atoms with Gasteiger partial charge in [-0.2, -0.15) is 5.26 Å². The maximum absolute atomic E-state index is 12.7. The molecule has 0 spiro atoms. The molecular weight excluding hydrogens is 306 g/mol. The summed E-state index contributed by atoms with van der Waals surface area (Å²) in [7, 11) is 0. The van der Waals surface area contributed by atoms with Crippen molar-refractivity contribution in [2.45, 2.75) is 32.2 Å². The largest absolute Gasteiger partial charge is 0.316 e. The van der Waals surface area contributed by atoms with Crippen LogP contribution in [0.15, 0.2) is 30.3 Å². The van der Waals surface area contributed by atoms with E-state index < -0.39 is 0 Å². The monoisotopic (exact) mass is 325 g/mol. The fraction of sp³-hybridized carbons (Fsp3) is 0.333. The first-order chi connectivity index (χ1) is 11.2. The van der Waals surface area contributed by atoms with E-state index in [0.717, 1.165) is 41.9 Å². The lowest BCUT2D eigenvalue weighted by Crippen LogP contribution is -2.22. The maximum Gasteiger partial charge on any atom is 0.232 e. The van der Waals surface area contributed by atoms with Crippen molar-refractivity contribution in [3.8, 4) is 6.07 Å². The van der Waals surface area contributed by atoms with Gasteiger partial charge in [0.2, 0.25) is 5.91 Å². The number of rotatable bonds is 4. The van der Waals surface area contributed by atoms with Crippen molar-refractivity contribution >= 4 is 22.2 Å². The summed E-state index contributed by atoms with van der Waals surface area (Å²) in [6.45, 7) is 3.67. The molecule has 1 amide bonds. The minimum atomic E-state index is -0.194. The van der Waals surface area contributed by atoms with E-state index in [4.69, 9.17) is 0 Å². The van der Waals surface area contributed by atoms with Crippen molar-refractivity contribution in [1.29, 1.82) is 5.26 Å². The zero-order valence-corrected chi connectivity index (χ0v) is 13.9. The van der Waals surface area contributed by atoms with Gasteiger partial charge in [0.15, 0.2) is 0 Å². The Morgan fingerprint density at radius 3 is 2.91 bits per heavy atom. The molecule has 3 rings (SSSR count). The molecular formula is C18H19N3OS. The lowest BCUT2D eigenvalue weighted by Gasteiger charge is -2.15. The van der Waals surface area contributed by atoms with Gasteiger partial charge in [0, 0.05) is 11.4 Å². The van der Waals surface area contributed by atoms with Crippen LogP contribution in [-0.4, -0.2) is 12.5 Å². The van der Waals surface area contributed by atoms with Crippen molar-refractivity contribution in [2.24, 2.45) is 0 Å². The maximum atomic E-state index is 12.7. The minimum Gasteiger partial charge on any atom is -0.316 e. The molecule has 2 heterocycles. The van der Waals surface area contributed by atoms with Crippen molar-refractivity contribution < 1.29 is 4.79 Å². The third-order valence-corrected chi connectivity index (χ3v) is 5.35. The Kier molecular flexibility index (Phi) is 4.75. The summed E-state index contributed by atoms with van der Waals surface area (Å²) >= 11 is 1.52. The second-order valence-electron chi connectivity index (χ2n) is 5.61. The molecule has 23 heavy (non-hydrogen) atoms. The van der Waals surface area contributed by atoms with E-state index in [1.54, 1.807) is 0 Å². The normalized spacial score (nSPS) is 14.6. The van der Waals surface area contributed by atoms with Crippen LogP contribution in [0.5, 0.6) is 0 Å². The van der Waals surface area contributed by atoms with Crippen LogP contribution in [0.2, 0.25) is 0 Å². The molecule has 1 aliphatic rings. The van der Waals surface area contributed by atoms with E-state index in [0.29, 0.717) is 10.6 Å². The third-order valence-electron chi connectivity index (χ3n) is 4.20. The Labute approximate surface area is 140 Å². The van der Waals surface area contributed by atoms with E-state index in [1.807, 2.05) is 37.3 Å². The number of thiophene rings is 1. The van der Waals surface area contributed by atoms with Crippen LogP contribution in [0, 0.1) is 11.3 Å². The number of amides is 1. The highest BCUT2D eigenvalue weighted by Gasteiger charge is 2.24. The third kappa shape index (κ3) is 3.14. The summed E-state index contributed by atoms with van der Waals surface area (Å²) in [5.41, 5.74) is 2.75. The molecule has 0 saturated carbocycles. The van der Waals surface area contributed by atoms with E-state index in [9.17, 15) is 10.1 Å². The Hall–Kier alpha value is -2.16. The Bertz CT molecular complexity index is 746. The molecule has 1 aromatic heterocycles. The first kappa shape index (κ1) is 15.7. The first-order valence-corrected chi connectivity index (χ1v) is 8.67. The average molecular weight is 325 g/mol. The molecule has 2 N–H and O–H groups in total. The van der Waals surface area contributed by atoms with Crippen molar-refractivity contribution in [3.05, 3.63) is 51.9 Å². The number of anilines is 1. The van der Waals surface area contributed by atoms with Crippen LogP contribution in [0.25, 0.3) is 0 Å². The van der Waals surface area contributed by atoms with E-state index in [-0.39, 0.29) is 11.8 Å². The highest BCUT2D eigenvalue weighted by atomic mass is 32.1. The quantitative estimate of drug-likeness (QED) is 0.905. The zero-order chi connectivity index (χ0) is 16.2. The fourth-order valence-electron chi connectivity index (χ4n) is 3.00. The molecule has 5 heteroatoms. The number of carbonyl (C=O) groups is 1. The SMILES string of the molecule is CCC(C(=O)Nc1sc2c(c1C#N)CCNC2)c1ccccc1. The summed E-state index contributed by atoms with van der Waals surface area (Å²) in [5.74, 6) is -0.234. The van der Waals surface area contributed by atoms with E-state index in [2.05, 4.69) is 16.7 Å². The zero-order valence-electron chi connectivity index (χ0n) is 13.1. The second-order valence-corrected chi connectivity index (χ2v) is 6.71. The number of benzene rings is 1. The molecule has 0 bridgehead atoms. The summed E-state index contributed by atoms with van der Waals surface area (Å²) in [6.07, 6.45) is 1.57. The van der Waals surface area contributed by atoms with Gasteiger partial charge in [-0.05, 0) is 30.5 Å². The number of hydrogen-bond acceptors (Lipinski definition) is 4. The van der Waals surface area contributed by atoms with E-state index in [1.165, 1.54) is 11.3 Å². The van der Waals surface area contributed by atoms with E-state index >= 15 is 0 Å². The number of nitrogens with one attached hydrogen (secondary N) is 2.